The first-order valence-corrected chi connectivity index (χ1v) is 6.92. The van der Waals surface area contributed by atoms with E-state index in [0.717, 1.165) is 22.7 Å². The highest BCUT2D eigenvalue weighted by Gasteiger charge is 2.27. The van der Waals surface area contributed by atoms with Gasteiger partial charge in [0, 0.05) is 5.02 Å². The molecule has 2 aromatic carbocycles. The highest BCUT2D eigenvalue weighted by atomic mass is 35.5. The van der Waals surface area contributed by atoms with Crippen molar-refractivity contribution < 1.29 is 9.47 Å². The Morgan fingerprint density at radius 3 is 2.60 bits per heavy atom. The summed E-state index contributed by atoms with van der Waals surface area (Å²) in [5, 5.41) is 4.14. The summed E-state index contributed by atoms with van der Waals surface area (Å²) in [6.07, 6.45) is -0.0328. The molecule has 20 heavy (non-hydrogen) atoms. The van der Waals surface area contributed by atoms with Crippen LogP contribution in [0.25, 0.3) is 0 Å². The van der Waals surface area contributed by atoms with Gasteiger partial charge in [-0.15, -0.1) is 0 Å². The third kappa shape index (κ3) is 2.41. The summed E-state index contributed by atoms with van der Waals surface area (Å²) in [6.45, 7) is 2.10. The van der Waals surface area contributed by atoms with Gasteiger partial charge in [-0.05, 0) is 42.8 Å². The maximum atomic E-state index is 6.10. The third-order valence-corrected chi connectivity index (χ3v) is 3.71. The number of ether oxygens (including phenoxy) is 2. The van der Waals surface area contributed by atoms with Crippen LogP contribution < -0.4 is 14.8 Å². The zero-order valence-electron chi connectivity index (χ0n) is 11.4. The molecule has 0 aliphatic carbocycles. The molecular weight excluding hydrogens is 274 g/mol. The quantitative estimate of drug-likeness (QED) is 0.895. The van der Waals surface area contributed by atoms with Crippen molar-refractivity contribution in [1.29, 1.82) is 0 Å². The molecular formula is C16H16ClNO2. The molecule has 1 aliphatic heterocycles. The van der Waals surface area contributed by atoms with E-state index < -0.39 is 0 Å². The lowest BCUT2D eigenvalue weighted by Gasteiger charge is -2.33. The van der Waals surface area contributed by atoms with Crippen LogP contribution in [0.1, 0.15) is 18.6 Å². The normalized spacial score (nSPS) is 20.6. The Labute approximate surface area is 123 Å². The lowest BCUT2D eigenvalue weighted by Crippen LogP contribution is -2.32. The van der Waals surface area contributed by atoms with Crippen molar-refractivity contribution in [1.82, 2.24) is 0 Å². The maximum absolute atomic E-state index is 6.10. The summed E-state index contributed by atoms with van der Waals surface area (Å²) in [6, 6.07) is 13.7. The molecule has 0 aromatic heterocycles. The van der Waals surface area contributed by atoms with Gasteiger partial charge in [-0.3, -0.25) is 0 Å². The van der Waals surface area contributed by atoms with E-state index in [0.29, 0.717) is 5.02 Å². The van der Waals surface area contributed by atoms with Crippen LogP contribution in [0.4, 0.5) is 5.69 Å². The fourth-order valence-corrected chi connectivity index (χ4v) is 2.60. The van der Waals surface area contributed by atoms with Gasteiger partial charge >= 0.3 is 0 Å². The average Bonchev–Trinajstić information content (AvgIpc) is 2.46. The van der Waals surface area contributed by atoms with E-state index in [9.17, 15) is 0 Å². The standard InChI is InChI=1S/C16H16ClNO2/c1-10-16(11-3-6-13(19-2)7-4-11)20-15-8-5-12(17)9-14(15)18-10/h3-10,16,18H,1-2H3. The number of halogens is 1. The first-order chi connectivity index (χ1) is 9.67. The lowest BCUT2D eigenvalue weighted by molar-refractivity contribution is 0.177. The van der Waals surface area contributed by atoms with E-state index in [2.05, 4.69) is 12.2 Å². The molecule has 0 spiro atoms. The first-order valence-electron chi connectivity index (χ1n) is 6.54. The van der Waals surface area contributed by atoms with Crippen LogP contribution in [0, 0.1) is 0 Å². The van der Waals surface area contributed by atoms with Crippen LogP contribution >= 0.6 is 11.6 Å². The molecule has 0 saturated heterocycles. The number of nitrogens with one attached hydrogen (secondary N) is 1. The first kappa shape index (κ1) is 13.1. The van der Waals surface area contributed by atoms with Crippen LogP contribution in [0.3, 0.4) is 0 Å². The van der Waals surface area contributed by atoms with Crippen LogP contribution in [-0.4, -0.2) is 13.2 Å². The Bertz CT molecular complexity index is 612. The van der Waals surface area contributed by atoms with Gasteiger partial charge in [0.2, 0.25) is 0 Å². The van der Waals surface area contributed by atoms with E-state index in [-0.39, 0.29) is 12.1 Å². The average molecular weight is 290 g/mol. The summed E-state index contributed by atoms with van der Waals surface area (Å²) in [5.41, 5.74) is 2.06. The minimum absolute atomic E-state index is 0.0328. The van der Waals surface area contributed by atoms with Crippen molar-refractivity contribution in [3.63, 3.8) is 0 Å². The van der Waals surface area contributed by atoms with Gasteiger partial charge in [0.15, 0.2) is 0 Å². The van der Waals surface area contributed by atoms with Gasteiger partial charge in [-0.2, -0.15) is 0 Å². The molecule has 0 radical (unpaired) electrons. The molecule has 2 atom stereocenters. The summed E-state index contributed by atoms with van der Waals surface area (Å²) >= 11 is 6.00. The fraction of sp³-hybridized carbons (Fsp3) is 0.250. The second-order valence-electron chi connectivity index (χ2n) is 4.89. The van der Waals surface area contributed by atoms with E-state index in [1.807, 2.05) is 42.5 Å². The van der Waals surface area contributed by atoms with Gasteiger partial charge in [0.25, 0.3) is 0 Å². The van der Waals surface area contributed by atoms with Crippen molar-refractivity contribution in [3.8, 4) is 11.5 Å². The fourth-order valence-electron chi connectivity index (χ4n) is 2.43. The van der Waals surface area contributed by atoms with E-state index in [4.69, 9.17) is 21.1 Å². The van der Waals surface area contributed by atoms with Crippen molar-refractivity contribution in [3.05, 3.63) is 53.1 Å². The van der Waals surface area contributed by atoms with E-state index in [1.165, 1.54) is 0 Å². The summed E-state index contributed by atoms with van der Waals surface area (Å²) < 4.78 is 11.3. The number of anilines is 1. The smallest absolute Gasteiger partial charge is 0.144 e. The Balaban J connectivity index is 1.89. The summed E-state index contributed by atoms with van der Waals surface area (Å²) in [7, 11) is 1.66. The lowest BCUT2D eigenvalue weighted by atomic mass is 10.0. The molecule has 104 valence electrons. The van der Waals surface area contributed by atoms with Gasteiger partial charge in [-0.1, -0.05) is 23.7 Å². The minimum Gasteiger partial charge on any atom is -0.497 e. The predicted molar refractivity (Wildman–Crippen MR) is 80.9 cm³/mol. The molecule has 3 rings (SSSR count). The zero-order valence-corrected chi connectivity index (χ0v) is 12.1. The van der Waals surface area contributed by atoms with Crippen molar-refractivity contribution >= 4 is 17.3 Å². The Kier molecular flexibility index (Phi) is 3.45. The SMILES string of the molecule is COc1ccc(C2Oc3ccc(Cl)cc3NC2C)cc1. The molecule has 1 N–H and O–H groups in total. The molecule has 2 aromatic rings. The van der Waals surface area contributed by atoms with Crippen molar-refractivity contribution in [2.45, 2.75) is 19.1 Å². The van der Waals surface area contributed by atoms with Gasteiger partial charge in [-0.25, -0.2) is 0 Å². The predicted octanol–water partition coefficient (Wildman–Crippen LogP) is 4.28. The number of hydrogen-bond acceptors (Lipinski definition) is 3. The Morgan fingerprint density at radius 2 is 1.90 bits per heavy atom. The highest BCUT2D eigenvalue weighted by Crippen LogP contribution is 2.38. The van der Waals surface area contributed by atoms with Crippen LogP contribution in [0.5, 0.6) is 11.5 Å². The highest BCUT2D eigenvalue weighted by molar-refractivity contribution is 6.30. The topological polar surface area (TPSA) is 30.5 Å². The van der Waals surface area contributed by atoms with Crippen molar-refractivity contribution in [2.75, 3.05) is 12.4 Å². The van der Waals surface area contributed by atoms with Crippen LogP contribution in [0.15, 0.2) is 42.5 Å². The molecule has 1 heterocycles. The number of benzene rings is 2. The molecule has 1 aliphatic rings. The second-order valence-corrected chi connectivity index (χ2v) is 5.32. The molecule has 0 saturated carbocycles. The minimum atomic E-state index is -0.0328. The number of fused-ring (bicyclic) bond motifs is 1. The third-order valence-electron chi connectivity index (χ3n) is 3.48. The van der Waals surface area contributed by atoms with E-state index in [1.54, 1.807) is 7.11 Å². The molecule has 0 bridgehead atoms. The summed E-state index contributed by atoms with van der Waals surface area (Å²) in [5.74, 6) is 1.67. The Hall–Kier alpha value is -1.87. The maximum Gasteiger partial charge on any atom is 0.144 e. The monoisotopic (exact) mass is 289 g/mol. The van der Waals surface area contributed by atoms with Crippen LogP contribution in [-0.2, 0) is 0 Å². The number of hydrogen-bond donors (Lipinski definition) is 1. The van der Waals surface area contributed by atoms with Gasteiger partial charge < -0.3 is 14.8 Å². The van der Waals surface area contributed by atoms with Crippen molar-refractivity contribution in [2.24, 2.45) is 0 Å². The molecule has 0 fully saturated rings. The largest absolute Gasteiger partial charge is 0.497 e. The van der Waals surface area contributed by atoms with Crippen LogP contribution in [0.2, 0.25) is 5.02 Å². The number of rotatable bonds is 2. The van der Waals surface area contributed by atoms with Gasteiger partial charge in [0.05, 0.1) is 18.8 Å². The van der Waals surface area contributed by atoms with Gasteiger partial charge in [0.1, 0.15) is 17.6 Å². The second kappa shape index (κ2) is 5.25. The number of methoxy groups -OCH3 is 1. The molecule has 4 heteroatoms. The zero-order chi connectivity index (χ0) is 14.1. The summed E-state index contributed by atoms with van der Waals surface area (Å²) in [4.78, 5) is 0. The molecule has 3 nitrogen and oxygen atoms in total. The molecule has 0 amide bonds. The van der Waals surface area contributed by atoms with E-state index >= 15 is 0 Å². The Morgan fingerprint density at radius 1 is 1.15 bits per heavy atom. The molecule has 2 unspecified atom stereocenters.